The van der Waals surface area contributed by atoms with Gasteiger partial charge < -0.3 is 16.2 Å². The van der Waals surface area contributed by atoms with Crippen molar-refractivity contribution in [1.82, 2.24) is 0 Å². The lowest BCUT2D eigenvalue weighted by Gasteiger charge is -2.14. The standard InChI is InChI=1S/C11H17BrN2O/c1-15-8-4-5-10(12)9(7-8)11(14)3-2-6-13/h4-5,7,11H,2-3,6,13-14H2,1H3/t11-/m0/s1. The molecule has 0 spiro atoms. The Morgan fingerprint density at radius 3 is 2.80 bits per heavy atom. The highest BCUT2D eigenvalue weighted by Gasteiger charge is 2.10. The number of hydrogen-bond donors (Lipinski definition) is 2. The van der Waals surface area contributed by atoms with Crippen molar-refractivity contribution in [3.05, 3.63) is 28.2 Å². The van der Waals surface area contributed by atoms with Crippen molar-refractivity contribution in [2.45, 2.75) is 18.9 Å². The van der Waals surface area contributed by atoms with Crippen molar-refractivity contribution in [2.24, 2.45) is 11.5 Å². The third kappa shape index (κ3) is 3.48. The van der Waals surface area contributed by atoms with Crippen molar-refractivity contribution < 1.29 is 4.74 Å². The van der Waals surface area contributed by atoms with E-state index in [4.69, 9.17) is 16.2 Å². The molecular formula is C11H17BrN2O. The fourth-order valence-electron chi connectivity index (χ4n) is 1.43. The molecular weight excluding hydrogens is 256 g/mol. The highest BCUT2D eigenvalue weighted by Crippen LogP contribution is 2.28. The van der Waals surface area contributed by atoms with Gasteiger partial charge >= 0.3 is 0 Å². The van der Waals surface area contributed by atoms with Gasteiger partial charge in [0.05, 0.1) is 7.11 Å². The van der Waals surface area contributed by atoms with Gasteiger partial charge in [0.2, 0.25) is 0 Å². The summed E-state index contributed by atoms with van der Waals surface area (Å²) < 4.78 is 6.18. The monoisotopic (exact) mass is 272 g/mol. The molecule has 0 unspecified atom stereocenters. The summed E-state index contributed by atoms with van der Waals surface area (Å²) in [6, 6.07) is 5.84. The predicted molar refractivity (Wildman–Crippen MR) is 65.9 cm³/mol. The number of benzene rings is 1. The molecule has 0 saturated heterocycles. The molecule has 0 bridgehead atoms. The van der Waals surface area contributed by atoms with Gasteiger partial charge in [-0.1, -0.05) is 15.9 Å². The lowest BCUT2D eigenvalue weighted by atomic mass is 10.0. The van der Waals surface area contributed by atoms with Crippen LogP contribution in [0.15, 0.2) is 22.7 Å². The zero-order valence-electron chi connectivity index (χ0n) is 8.87. The first-order chi connectivity index (χ1) is 7.19. The van der Waals surface area contributed by atoms with Crippen molar-refractivity contribution in [3.63, 3.8) is 0 Å². The summed E-state index contributed by atoms with van der Waals surface area (Å²) in [5.41, 5.74) is 12.6. The van der Waals surface area contributed by atoms with Gasteiger partial charge in [0, 0.05) is 10.5 Å². The molecule has 0 saturated carbocycles. The molecule has 1 aromatic carbocycles. The lowest BCUT2D eigenvalue weighted by Crippen LogP contribution is -2.13. The smallest absolute Gasteiger partial charge is 0.119 e. The second-order valence-corrected chi connectivity index (χ2v) is 4.28. The second kappa shape index (κ2) is 6.10. The molecule has 0 amide bonds. The Bertz CT molecular complexity index is 317. The quantitative estimate of drug-likeness (QED) is 0.864. The van der Waals surface area contributed by atoms with Crippen LogP contribution in [0, 0.1) is 0 Å². The largest absolute Gasteiger partial charge is 0.497 e. The Morgan fingerprint density at radius 1 is 1.47 bits per heavy atom. The van der Waals surface area contributed by atoms with Gasteiger partial charge in [-0.3, -0.25) is 0 Å². The minimum Gasteiger partial charge on any atom is -0.497 e. The first-order valence-corrected chi connectivity index (χ1v) is 5.77. The van der Waals surface area contributed by atoms with Crippen LogP contribution in [0.1, 0.15) is 24.4 Å². The minimum absolute atomic E-state index is 0.0121. The van der Waals surface area contributed by atoms with Crippen LogP contribution < -0.4 is 16.2 Å². The highest BCUT2D eigenvalue weighted by atomic mass is 79.9. The first kappa shape index (κ1) is 12.5. The molecule has 0 heterocycles. The van der Waals surface area contributed by atoms with E-state index < -0.39 is 0 Å². The van der Waals surface area contributed by atoms with E-state index in [2.05, 4.69) is 15.9 Å². The molecule has 4 N–H and O–H groups in total. The van der Waals surface area contributed by atoms with E-state index in [1.54, 1.807) is 7.11 Å². The van der Waals surface area contributed by atoms with Crippen LogP contribution in [-0.2, 0) is 0 Å². The third-order valence-electron chi connectivity index (χ3n) is 2.32. The maximum Gasteiger partial charge on any atom is 0.119 e. The van der Waals surface area contributed by atoms with Gasteiger partial charge in [0.1, 0.15) is 5.75 Å². The molecule has 0 aliphatic heterocycles. The average molecular weight is 273 g/mol. The van der Waals surface area contributed by atoms with Crippen molar-refractivity contribution >= 4 is 15.9 Å². The van der Waals surface area contributed by atoms with Crippen LogP contribution in [0.5, 0.6) is 5.75 Å². The summed E-state index contributed by atoms with van der Waals surface area (Å²) in [6.07, 6.45) is 1.83. The predicted octanol–water partition coefficient (Wildman–Crippen LogP) is 2.20. The van der Waals surface area contributed by atoms with Crippen LogP contribution in [0.2, 0.25) is 0 Å². The SMILES string of the molecule is COc1ccc(Br)c([C@@H](N)CCCN)c1. The van der Waals surface area contributed by atoms with Gasteiger partial charge in [0.15, 0.2) is 0 Å². The van der Waals surface area contributed by atoms with Crippen molar-refractivity contribution in [2.75, 3.05) is 13.7 Å². The summed E-state index contributed by atoms with van der Waals surface area (Å²) in [7, 11) is 1.65. The highest BCUT2D eigenvalue weighted by molar-refractivity contribution is 9.10. The van der Waals surface area contributed by atoms with Crippen LogP contribution in [0.4, 0.5) is 0 Å². The molecule has 1 aromatic rings. The molecule has 4 heteroatoms. The Morgan fingerprint density at radius 2 is 2.20 bits per heavy atom. The van der Waals surface area contributed by atoms with Crippen molar-refractivity contribution in [1.29, 1.82) is 0 Å². The van der Waals surface area contributed by atoms with E-state index in [1.165, 1.54) is 0 Å². The van der Waals surface area contributed by atoms with E-state index in [0.717, 1.165) is 28.6 Å². The van der Waals surface area contributed by atoms with E-state index in [1.807, 2.05) is 18.2 Å². The molecule has 84 valence electrons. The summed E-state index contributed by atoms with van der Waals surface area (Å²) in [6.45, 7) is 0.676. The zero-order chi connectivity index (χ0) is 11.3. The molecule has 0 radical (unpaired) electrons. The molecule has 0 aromatic heterocycles. The third-order valence-corrected chi connectivity index (χ3v) is 3.04. The molecule has 3 nitrogen and oxygen atoms in total. The maximum atomic E-state index is 6.06. The Labute approximate surface area is 98.9 Å². The molecule has 0 aliphatic rings. The van der Waals surface area contributed by atoms with Gasteiger partial charge in [-0.25, -0.2) is 0 Å². The normalized spacial score (nSPS) is 12.5. The molecule has 15 heavy (non-hydrogen) atoms. The second-order valence-electron chi connectivity index (χ2n) is 3.42. The number of rotatable bonds is 5. The fourth-order valence-corrected chi connectivity index (χ4v) is 1.97. The van der Waals surface area contributed by atoms with Crippen LogP contribution in [0.25, 0.3) is 0 Å². The van der Waals surface area contributed by atoms with Crippen molar-refractivity contribution in [3.8, 4) is 5.75 Å². The number of methoxy groups -OCH3 is 1. The number of halogens is 1. The fraction of sp³-hybridized carbons (Fsp3) is 0.455. The van der Waals surface area contributed by atoms with Crippen LogP contribution in [0.3, 0.4) is 0 Å². The topological polar surface area (TPSA) is 61.3 Å². The van der Waals surface area contributed by atoms with Crippen LogP contribution in [-0.4, -0.2) is 13.7 Å². The van der Waals surface area contributed by atoms with Gasteiger partial charge in [-0.05, 0) is 43.1 Å². The number of hydrogen-bond acceptors (Lipinski definition) is 3. The Balaban J connectivity index is 2.81. The van der Waals surface area contributed by atoms with E-state index in [0.29, 0.717) is 6.54 Å². The number of nitrogens with two attached hydrogens (primary N) is 2. The lowest BCUT2D eigenvalue weighted by molar-refractivity contribution is 0.413. The molecule has 1 rings (SSSR count). The molecule has 1 atom stereocenters. The van der Waals surface area contributed by atoms with Gasteiger partial charge in [-0.2, -0.15) is 0 Å². The summed E-state index contributed by atoms with van der Waals surface area (Å²) in [5, 5.41) is 0. The Kier molecular flexibility index (Phi) is 5.08. The first-order valence-electron chi connectivity index (χ1n) is 4.98. The number of ether oxygens (including phenoxy) is 1. The van der Waals surface area contributed by atoms with Gasteiger partial charge in [-0.15, -0.1) is 0 Å². The summed E-state index contributed by atoms with van der Waals surface area (Å²) >= 11 is 3.49. The molecule has 0 fully saturated rings. The summed E-state index contributed by atoms with van der Waals surface area (Å²) in [5.74, 6) is 0.830. The molecule has 0 aliphatic carbocycles. The summed E-state index contributed by atoms with van der Waals surface area (Å²) in [4.78, 5) is 0. The van der Waals surface area contributed by atoms with E-state index in [9.17, 15) is 0 Å². The van der Waals surface area contributed by atoms with Gasteiger partial charge in [0.25, 0.3) is 0 Å². The average Bonchev–Trinajstić information content (AvgIpc) is 2.26. The van der Waals surface area contributed by atoms with E-state index >= 15 is 0 Å². The Hall–Kier alpha value is -0.580. The van der Waals surface area contributed by atoms with E-state index in [-0.39, 0.29) is 6.04 Å². The maximum absolute atomic E-state index is 6.06. The van der Waals surface area contributed by atoms with Crippen LogP contribution >= 0.6 is 15.9 Å². The minimum atomic E-state index is 0.0121. The zero-order valence-corrected chi connectivity index (χ0v) is 10.5.